The van der Waals surface area contributed by atoms with Crippen molar-refractivity contribution >= 4 is 0 Å². The average molecular weight is 263 g/mol. The predicted molar refractivity (Wildman–Crippen MR) is 78.4 cm³/mol. The fourth-order valence-corrected chi connectivity index (χ4v) is 1.44. The highest BCUT2D eigenvalue weighted by molar-refractivity contribution is 5.25. The van der Waals surface area contributed by atoms with E-state index in [4.69, 9.17) is 4.74 Å². The molecule has 1 aromatic heterocycles. The lowest BCUT2D eigenvalue weighted by atomic mass is 10.1. The first-order chi connectivity index (χ1) is 8.83. The van der Waals surface area contributed by atoms with Crippen LogP contribution in [-0.2, 0) is 6.54 Å². The van der Waals surface area contributed by atoms with Crippen molar-refractivity contribution in [2.75, 3.05) is 6.61 Å². The molecule has 0 atom stereocenters. The van der Waals surface area contributed by atoms with E-state index in [1.165, 1.54) is 0 Å². The monoisotopic (exact) mass is 263 g/mol. The van der Waals surface area contributed by atoms with Gasteiger partial charge in [0.05, 0.1) is 11.9 Å². The van der Waals surface area contributed by atoms with Gasteiger partial charge in [-0.05, 0) is 20.8 Å². The third-order valence-electron chi connectivity index (χ3n) is 2.51. The largest absolute Gasteiger partial charge is 0.486 e. The molecule has 0 unspecified atom stereocenters. The molecule has 4 nitrogen and oxygen atoms in total. The van der Waals surface area contributed by atoms with Gasteiger partial charge in [-0.25, -0.2) is 9.97 Å². The van der Waals surface area contributed by atoms with Crippen LogP contribution in [0.5, 0.6) is 5.75 Å². The highest BCUT2D eigenvalue weighted by atomic mass is 16.5. The number of hydrogen-bond donors (Lipinski definition) is 1. The Kier molecular flexibility index (Phi) is 5.48. The van der Waals surface area contributed by atoms with Crippen LogP contribution in [0.15, 0.2) is 18.9 Å². The summed E-state index contributed by atoms with van der Waals surface area (Å²) in [7, 11) is 0. The molecule has 106 valence electrons. The van der Waals surface area contributed by atoms with Gasteiger partial charge in [-0.1, -0.05) is 26.5 Å². The average Bonchev–Trinajstić information content (AvgIpc) is 2.33. The molecule has 0 aliphatic heterocycles. The van der Waals surface area contributed by atoms with Crippen LogP contribution in [0.2, 0.25) is 0 Å². The zero-order valence-electron chi connectivity index (χ0n) is 12.7. The van der Waals surface area contributed by atoms with E-state index in [2.05, 4.69) is 56.5 Å². The molecule has 0 aromatic carbocycles. The van der Waals surface area contributed by atoms with Gasteiger partial charge in [-0.2, -0.15) is 0 Å². The smallest absolute Gasteiger partial charge is 0.160 e. The molecular formula is C15H25N3O. The summed E-state index contributed by atoms with van der Waals surface area (Å²) in [5.74, 6) is 1.87. The highest BCUT2D eigenvalue weighted by Gasteiger charge is 2.14. The fourth-order valence-electron chi connectivity index (χ4n) is 1.44. The maximum Gasteiger partial charge on any atom is 0.160 e. The lowest BCUT2D eigenvalue weighted by Gasteiger charge is -2.21. The Bertz CT molecular complexity index is 422. The number of aromatic nitrogens is 2. The van der Waals surface area contributed by atoms with Gasteiger partial charge in [-0.15, -0.1) is 0 Å². The van der Waals surface area contributed by atoms with Crippen molar-refractivity contribution in [2.24, 2.45) is 0 Å². The molecule has 0 aliphatic rings. The standard InChI is InChI=1S/C15H25N3O/c1-7-8-19-13-10-16-14(11(2)3)18-12(13)9-17-15(4,5)6/h7,10-11,17H,1,8-9H2,2-6H3. The van der Waals surface area contributed by atoms with E-state index in [1.807, 2.05) is 0 Å². The van der Waals surface area contributed by atoms with Crippen molar-refractivity contribution in [1.82, 2.24) is 15.3 Å². The Morgan fingerprint density at radius 2 is 2.11 bits per heavy atom. The van der Waals surface area contributed by atoms with Crippen molar-refractivity contribution in [3.8, 4) is 5.75 Å². The minimum atomic E-state index is 0.0403. The van der Waals surface area contributed by atoms with E-state index < -0.39 is 0 Å². The Labute approximate surface area is 116 Å². The van der Waals surface area contributed by atoms with E-state index in [0.29, 0.717) is 19.1 Å². The van der Waals surface area contributed by atoms with Crippen LogP contribution in [0.3, 0.4) is 0 Å². The lowest BCUT2D eigenvalue weighted by molar-refractivity contribution is 0.346. The maximum atomic E-state index is 5.60. The molecule has 0 fully saturated rings. The number of nitrogens with zero attached hydrogens (tertiary/aromatic N) is 2. The summed E-state index contributed by atoms with van der Waals surface area (Å²) in [5, 5.41) is 3.43. The molecule has 0 aliphatic carbocycles. The van der Waals surface area contributed by atoms with Crippen molar-refractivity contribution in [1.29, 1.82) is 0 Å². The number of rotatable bonds is 6. The Hall–Kier alpha value is -1.42. The van der Waals surface area contributed by atoms with Gasteiger partial charge in [0.2, 0.25) is 0 Å². The lowest BCUT2D eigenvalue weighted by Crippen LogP contribution is -2.35. The Balaban J connectivity index is 2.93. The number of ether oxygens (including phenoxy) is 1. The van der Waals surface area contributed by atoms with Gasteiger partial charge in [0.25, 0.3) is 0 Å². The molecule has 1 heterocycles. The van der Waals surface area contributed by atoms with E-state index in [1.54, 1.807) is 12.3 Å². The van der Waals surface area contributed by atoms with Gasteiger partial charge in [0, 0.05) is 18.0 Å². The normalized spacial score (nSPS) is 11.7. The summed E-state index contributed by atoms with van der Waals surface area (Å²) in [6.07, 6.45) is 3.48. The van der Waals surface area contributed by atoms with Gasteiger partial charge < -0.3 is 10.1 Å². The minimum Gasteiger partial charge on any atom is -0.486 e. The molecule has 0 radical (unpaired) electrons. The van der Waals surface area contributed by atoms with E-state index >= 15 is 0 Å². The Morgan fingerprint density at radius 1 is 1.42 bits per heavy atom. The first-order valence-electron chi connectivity index (χ1n) is 6.68. The van der Waals surface area contributed by atoms with Crippen molar-refractivity contribution in [3.63, 3.8) is 0 Å². The van der Waals surface area contributed by atoms with Crippen LogP contribution in [0.4, 0.5) is 0 Å². The summed E-state index contributed by atoms with van der Waals surface area (Å²) in [4.78, 5) is 8.93. The van der Waals surface area contributed by atoms with Crippen LogP contribution >= 0.6 is 0 Å². The first kappa shape index (κ1) is 15.6. The van der Waals surface area contributed by atoms with E-state index in [-0.39, 0.29) is 5.54 Å². The summed E-state index contributed by atoms with van der Waals surface area (Å²) in [5.41, 5.74) is 0.939. The second-order valence-corrected chi connectivity index (χ2v) is 5.90. The summed E-state index contributed by atoms with van der Waals surface area (Å²) in [6.45, 7) is 15.3. The van der Waals surface area contributed by atoms with Crippen molar-refractivity contribution < 1.29 is 4.74 Å². The molecule has 0 saturated heterocycles. The van der Waals surface area contributed by atoms with Crippen LogP contribution in [0.1, 0.15) is 52.1 Å². The van der Waals surface area contributed by atoms with Crippen LogP contribution in [0.25, 0.3) is 0 Å². The third kappa shape index (κ3) is 5.39. The quantitative estimate of drug-likeness (QED) is 0.801. The van der Waals surface area contributed by atoms with Gasteiger partial charge in [0.15, 0.2) is 5.75 Å². The zero-order chi connectivity index (χ0) is 14.5. The molecule has 4 heteroatoms. The molecule has 1 rings (SSSR count). The molecule has 0 spiro atoms. The first-order valence-corrected chi connectivity index (χ1v) is 6.68. The molecule has 1 N–H and O–H groups in total. The van der Waals surface area contributed by atoms with Crippen LogP contribution in [-0.4, -0.2) is 22.1 Å². The number of nitrogens with one attached hydrogen (secondary N) is 1. The molecule has 0 bridgehead atoms. The SMILES string of the molecule is C=CCOc1cnc(C(C)C)nc1CNC(C)(C)C. The van der Waals surface area contributed by atoms with Crippen molar-refractivity contribution in [2.45, 2.75) is 52.6 Å². The van der Waals surface area contributed by atoms with Gasteiger partial charge in [-0.3, -0.25) is 0 Å². The van der Waals surface area contributed by atoms with E-state index in [0.717, 1.165) is 17.3 Å². The molecular weight excluding hydrogens is 238 g/mol. The predicted octanol–water partition coefficient (Wildman–Crippen LogP) is 3.05. The summed E-state index contributed by atoms with van der Waals surface area (Å²) < 4.78 is 5.60. The van der Waals surface area contributed by atoms with Gasteiger partial charge >= 0.3 is 0 Å². The second kappa shape index (κ2) is 6.66. The topological polar surface area (TPSA) is 47.0 Å². The summed E-state index contributed by atoms with van der Waals surface area (Å²) in [6, 6.07) is 0. The van der Waals surface area contributed by atoms with Gasteiger partial charge in [0.1, 0.15) is 12.4 Å². The second-order valence-electron chi connectivity index (χ2n) is 5.90. The minimum absolute atomic E-state index is 0.0403. The van der Waals surface area contributed by atoms with Crippen molar-refractivity contribution in [3.05, 3.63) is 30.4 Å². The molecule has 0 saturated carbocycles. The Morgan fingerprint density at radius 3 is 2.63 bits per heavy atom. The summed E-state index contributed by atoms with van der Waals surface area (Å²) >= 11 is 0. The molecule has 1 aromatic rings. The molecule has 19 heavy (non-hydrogen) atoms. The van der Waals surface area contributed by atoms with E-state index in [9.17, 15) is 0 Å². The highest BCUT2D eigenvalue weighted by Crippen LogP contribution is 2.19. The number of hydrogen-bond acceptors (Lipinski definition) is 4. The third-order valence-corrected chi connectivity index (χ3v) is 2.51. The zero-order valence-corrected chi connectivity index (χ0v) is 12.7. The fraction of sp³-hybridized carbons (Fsp3) is 0.600. The van der Waals surface area contributed by atoms with Crippen LogP contribution < -0.4 is 10.1 Å². The molecule has 0 amide bonds. The van der Waals surface area contributed by atoms with Crippen LogP contribution in [0, 0.1) is 0 Å². The maximum absolute atomic E-state index is 5.60.